The van der Waals surface area contributed by atoms with E-state index in [2.05, 4.69) is 17.6 Å². The molecule has 0 saturated heterocycles. The third kappa shape index (κ3) is 4.48. The van der Waals surface area contributed by atoms with Crippen molar-refractivity contribution in [2.75, 3.05) is 13.7 Å². The number of amides is 1. The van der Waals surface area contributed by atoms with E-state index >= 15 is 0 Å². The number of hydrogen-bond donors (Lipinski definition) is 2. The van der Waals surface area contributed by atoms with Crippen LogP contribution in [0.2, 0.25) is 0 Å². The van der Waals surface area contributed by atoms with Gasteiger partial charge in [-0.05, 0) is 65.2 Å². The van der Waals surface area contributed by atoms with Crippen molar-refractivity contribution >= 4 is 33.4 Å². The number of benzene rings is 4. The summed E-state index contributed by atoms with van der Waals surface area (Å²) in [5, 5.41) is 9.52. The standard InChI is InChI=1S/C27H26N2O3/c1-18-21-7-3-5-9-23(21)26(24-10-6-4-8-22(18)24)27(31)32-20-14-11-19(12-15-20)13-16-25(30)29-17-28-2/h3-12,14-15,28H,13,16-17H2,1-2H3,(H,29,30). The van der Waals surface area contributed by atoms with Crippen molar-refractivity contribution in [2.24, 2.45) is 0 Å². The number of carbonyl (C=O) groups excluding carboxylic acids is 2. The topological polar surface area (TPSA) is 67.4 Å². The number of carbonyl (C=O) groups is 2. The minimum atomic E-state index is -0.378. The van der Waals surface area contributed by atoms with Crippen LogP contribution in [0, 0.1) is 6.92 Å². The van der Waals surface area contributed by atoms with E-state index in [0.29, 0.717) is 30.8 Å². The summed E-state index contributed by atoms with van der Waals surface area (Å²) in [6.45, 7) is 2.54. The zero-order valence-electron chi connectivity index (χ0n) is 18.3. The first-order chi connectivity index (χ1) is 15.6. The summed E-state index contributed by atoms with van der Waals surface area (Å²) >= 11 is 0. The normalized spacial score (nSPS) is 10.9. The predicted octanol–water partition coefficient (Wildman–Crippen LogP) is 4.75. The monoisotopic (exact) mass is 426 g/mol. The summed E-state index contributed by atoms with van der Waals surface area (Å²) in [7, 11) is 1.78. The molecule has 0 spiro atoms. The molecule has 0 atom stereocenters. The number of aryl methyl sites for hydroxylation is 2. The van der Waals surface area contributed by atoms with Gasteiger partial charge in [0.05, 0.1) is 12.2 Å². The number of esters is 1. The van der Waals surface area contributed by atoms with E-state index < -0.39 is 0 Å². The summed E-state index contributed by atoms with van der Waals surface area (Å²) in [4.78, 5) is 25.0. The highest BCUT2D eigenvalue weighted by Gasteiger charge is 2.19. The van der Waals surface area contributed by atoms with Gasteiger partial charge in [0.2, 0.25) is 5.91 Å². The highest BCUT2D eigenvalue weighted by atomic mass is 16.5. The first-order valence-corrected chi connectivity index (χ1v) is 10.7. The molecule has 0 unspecified atom stereocenters. The molecule has 32 heavy (non-hydrogen) atoms. The predicted molar refractivity (Wildman–Crippen MR) is 128 cm³/mol. The van der Waals surface area contributed by atoms with Crippen molar-refractivity contribution in [3.63, 3.8) is 0 Å². The van der Waals surface area contributed by atoms with E-state index in [0.717, 1.165) is 32.7 Å². The Balaban J connectivity index is 1.57. The molecule has 0 aliphatic carbocycles. The Kier molecular flexibility index (Phi) is 6.47. The van der Waals surface area contributed by atoms with Crippen LogP contribution in [0.5, 0.6) is 5.75 Å². The van der Waals surface area contributed by atoms with E-state index in [1.807, 2.05) is 60.7 Å². The molecule has 0 bridgehead atoms. The lowest BCUT2D eigenvalue weighted by Crippen LogP contribution is -2.31. The summed E-state index contributed by atoms with van der Waals surface area (Å²) in [5.41, 5.74) is 2.73. The number of nitrogens with one attached hydrogen (secondary N) is 2. The Bertz CT molecular complexity index is 1220. The van der Waals surface area contributed by atoms with Crippen LogP contribution in [0.3, 0.4) is 0 Å². The van der Waals surface area contributed by atoms with Gasteiger partial charge in [-0.15, -0.1) is 0 Å². The Morgan fingerprint density at radius 1 is 0.812 bits per heavy atom. The van der Waals surface area contributed by atoms with E-state index in [9.17, 15) is 9.59 Å². The maximum absolute atomic E-state index is 13.3. The van der Waals surface area contributed by atoms with Gasteiger partial charge in [-0.1, -0.05) is 60.7 Å². The van der Waals surface area contributed by atoms with E-state index in [-0.39, 0.29) is 11.9 Å². The quantitative estimate of drug-likeness (QED) is 0.194. The molecule has 0 aliphatic rings. The van der Waals surface area contributed by atoms with Crippen LogP contribution in [0.15, 0.2) is 72.8 Å². The molecular formula is C27H26N2O3. The van der Waals surface area contributed by atoms with Crippen molar-refractivity contribution < 1.29 is 14.3 Å². The minimum absolute atomic E-state index is 0.00650. The van der Waals surface area contributed by atoms with Gasteiger partial charge in [0.15, 0.2) is 0 Å². The summed E-state index contributed by atoms with van der Waals surface area (Å²) in [6.07, 6.45) is 1.03. The third-order valence-corrected chi connectivity index (χ3v) is 5.64. The van der Waals surface area contributed by atoms with Gasteiger partial charge in [-0.3, -0.25) is 4.79 Å². The largest absolute Gasteiger partial charge is 0.423 e. The molecule has 0 aromatic heterocycles. The molecule has 0 heterocycles. The average molecular weight is 427 g/mol. The molecule has 4 aromatic carbocycles. The number of hydrogen-bond acceptors (Lipinski definition) is 4. The zero-order valence-corrected chi connectivity index (χ0v) is 18.3. The molecule has 4 aromatic rings. The molecular weight excluding hydrogens is 400 g/mol. The fourth-order valence-corrected chi connectivity index (χ4v) is 3.98. The van der Waals surface area contributed by atoms with Gasteiger partial charge in [-0.2, -0.15) is 0 Å². The first kappa shape index (κ1) is 21.5. The van der Waals surface area contributed by atoms with Crippen LogP contribution in [0.4, 0.5) is 0 Å². The van der Waals surface area contributed by atoms with Crippen LogP contribution in [0.1, 0.15) is 27.9 Å². The highest BCUT2D eigenvalue weighted by Crippen LogP contribution is 2.33. The molecule has 5 nitrogen and oxygen atoms in total. The molecule has 0 saturated carbocycles. The lowest BCUT2D eigenvalue weighted by atomic mass is 9.92. The fraction of sp³-hybridized carbons (Fsp3) is 0.185. The van der Waals surface area contributed by atoms with Crippen molar-refractivity contribution in [1.29, 1.82) is 0 Å². The van der Waals surface area contributed by atoms with Crippen LogP contribution < -0.4 is 15.4 Å². The maximum Gasteiger partial charge on any atom is 0.344 e. The van der Waals surface area contributed by atoms with Crippen molar-refractivity contribution in [3.8, 4) is 5.75 Å². The molecule has 4 rings (SSSR count). The zero-order chi connectivity index (χ0) is 22.5. The van der Waals surface area contributed by atoms with E-state index in [4.69, 9.17) is 4.74 Å². The van der Waals surface area contributed by atoms with Crippen LogP contribution >= 0.6 is 0 Å². The lowest BCUT2D eigenvalue weighted by Gasteiger charge is -2.14. The fourth-order valence-electron chi connectivity index (χ4n) is 3.98. The summed E-state index contributed by atoms with van der Waals surface area (Å²) < 4.78 is 5.76. The van der Waals surface area contributed by atoms with Crippen LogP contribution in [-0.4, -0.2) is 25.6 Å². The molecule has 162 valence electrons. The second-order valence-corrected chi connectivity index (χ2v) is 7.75. The molecule has 5 heteroatoms. The number of ether oxygens (including phenoxy) is 1. The van der Waals surface area contributed by atoms with Crippen molar-refractivity contribution in [3.05, 3.63) is 89.5 Å². The van der Waals surface area contributed by atoms with Gasteiger partial charge in [-0.25, -0.2) is 4.79 Å². The second kappa shape index (κ2) is 9.62. The van der Waals surface area contributed by atoms with Gasteiger partial charge >= 0.3 is 5.97 Å². The first-order valence-electron chi connectivity index (χ1n) is 10.7. The molecule has 0 fully saturated rings. The molecule has 2 N–H and O–H groups in total. The molecule has 1 amide bonds. The van der Waals surface area contributed by atoms with E-state index in [1.165, 1.54) is 0 Å². The van der Waals surface area contributed by atoms with Gasteiger partial charge in [0, 0.05) is 6.42 Å². The lowest BCUT2D eigenvalue weighted by molar-refractivity contribution is -0.121. The van der Waals surface area contributed by atoms with Crippen LogP contribution in [-0.2, 0) is 11.2 Å². The molecule has 0 aliphatic heterocycles. The second-order valence-electron chi connectivity index (χ2n) is 7.75. The Morgan fingerprint density at radius 3 is 1.94 bits per heavy atom. The number of rotatable bonds is 7. The van der Waals surface area contributed by atoms with Crippen LogP contribution in [0.25, 0.3) is 21.5 Å². The average Bonchev–Trinajstić information content (AvgIpc) is 2.82. The van der Waals surface area contributed by atoms with Gasteiger partial charge in [0.1, 0.15) is 5.75 Å². The SMILES string of the molecule is CNCNC(=O)CCc1ccc(OC(=O)c2c3ccccc3c(C)c3ccccc23)cc1. The summed E-state index contributed by atoms with van der Waals surface area (Å²) in [5.74, 6) is 0.0942. The van der Waals surface area contributed by atoms with Crippen molar-refractivity contribution in [2.45, 2.75) is 19.8 Å². The van der Waals surface area contributed by atoms with E-state index in [1.54, 1.807) is 19.2 Å². The Morgan fingerprint density at radius 2 is 1.38 bits per heavy atom. The number of fused-ring (bicyclic) bond motifs is 2. The maximum atomic E-state index is 13.3. The van der Waals surface area contributed by atoms with Gasteiger partial charge in [0.25, 0.3) is 0 Å². The smallest absolute Gasteiger partial charge is 0.344 e. The minimum Gasteiger partial charge on any atom is -0.423 e. The third-order valence-electron chi connectivity index (χ3n) is 5.64. The molecule has 0 radical (unpaired) electrons. The van der Waals surface area contributed by atoms with Gasteiger partial charge < -0.3 is 15.4 Å². The summed E-state index contributed by atoms with van der Waals surface area (Å²) in [6, 6.07) is 23.2. The Hall–Kier alpha value is -3.70. The Labute approximate surface area is 187 Å². The highest BCUT2D eigenvalue weighted by molar-refractivity contribution is 6.18. The van der Waals surface area contributed by atoms with Crippen molar-refractivity contribution in [1.82, 2.24) is 10.6 Å².